The van der Waals surface area contributed by atoms with Gasteiger partial charge in [0.2, 0.25) is 0 Å². The molecule has 0 unspecified atom stereocenters. The van der Waals surface area contributed by atoms with Crippen molar-refractivity contribution in [3.8, 4) is 11.4 Å². The van der Waals surface area contributed by atoms with E-state index in [1.54, 1.807) is 0 Å². The van der Waals surface area contributed by atoms with Crippen LogP contribution in [0.1, 0.15) is 76.3 Å². The Balaban J connectivity index is 0.00000312. The number of hydrogen-bond donors (Lipinski definition) is 0. The molecule has 138 valence electrons. The van der Waals surface area contributed by atoms with Gasteiger partial charge in [-0.15, -0.1) is 0 Å². The molecule has 0 aromatic carbocycles. The van der Waals surface area contributed by atoms with E-state index in [0.29, 0.717) is 0 Å². The van der Waals surface area contributed by atoms with Gasteiger partial charge in [0, 0.05) is 31.9 Å². The number of unbranched alkanes of at least 4 members (excludes halogenated alkanes) is 6. The average Bonchev–Trinajstić information content (AvgIpc) is 2.63. The third-order valence-corrected chi connectivity index (χ3v) is 4.55. The first-order valence-electron chi connectivity index (χ1n) is 9.73. The normalized spacial score (nSPS) is 10.5. The second-order valence-corrected chi connectivity index (χ2v) is 6.72. The van der Waals surface area contributed by atoms with E-state index in [1.165, 1.54) is 62.5 Å². The summed E-state index contributed by atoms with van der Waals surface area (Å²) in [6.45, 7) is 4.51. The molecule has 0 amide bonds. The van der Waals surface area contributed by atoms with E-state index in [-0.39, 0.29) is 19.5 Å². The van der Waals surface area contributed by atoms with E-state index in [0.717, 1.165) is 24.2 Å². The third kappa shape index (κ3) is 8.23. The van der Waals surface area contributed by atoms with Crippen LogP contribution in [0.15, 0.2) is 36.7 Å². The van der Waals surface area contributed by atoms with Gasteiger partial charge in [0.1, 0.15) is 0 Å². The van der Waals surface area contributed by atoms with Crippen LogP contribution in [0.5, 0.6) is 0 Å². The molecular weight excluding hydrogens is 393 g/mol. The van der Waals surface area contributed by atoms with E-state index >= 15 is 0 Å². The van der Waals surface area contributed by atoms with Crippen LogP contribution in [0.3, 0.4) is 0 Å². The summed E-state index contributed by atoms with van der Waals surface area (Å²) >= 11 is 0. The molecular formula is C22H32N2Ru. The Kier molecular flexibility index (Phi) is 11.6. The first-order valence-corrected chi connectivity index (χ1v) is 9.73. The number of aromatic nitrogens is 2. The predicted octanol–water partition coefficient (Wildman–Crippen LogP) is 6.39. The fraction of sp³-hybridized carbons (Fsp3) is 0.545. The van der Waals surface area contributed by atoms with Gasteiger partial charge in [-0.2, -0.15) is 0 Å². The molecule has 0 aliphatic rings. The van der Waals surface area contributed by atoms with E-state index in [1.807, 2.05) is 12.4 Å². The maximum atomic E-state index is 4.54. The topological polar surface area (TPSA) is 25.8 Å². The largest absolute Gasteiger partial charge is 0.255 e. The van der Waals surface area contributed by atoms with Gasteiger partial charge in [-0.1, -0.05) is 52.4 Å². The Morgan fingerprint density at radius 2 is 1.08 bits per heavy atom. The molecule has 0 atom stereocenters. The summed E-state index contributed by atoms with van der Waals surface area (Å²) in [7, 11) is 0. The van der Waals surface area contributed by atoms with Crippen LogP contribution in [0, 0.1) is 0 Å². The van der Waals surface area contributed by atoms with Gasteiger partial charge < -0.3 is 0 Å². The first-order chi connectivity index (χ1) is 11.8. The SMILES string of the molecule is CCCCCCc1ccnc(-c2cc(CCCCCC)ccn2)c1.[Ru]. The van der Waals surface area contributed by atoms with Gasteiger partial charge >= 0.3 is 0 Å². The number of nitrogens with zero attached hydrogens (tertiary/aromatic N) is 2. The quantitative estimate of drug-likeness (QED) is 0.308. The molecule has 0 aliphatic carbocycles. The molecule has 2 aromatic heterocycles. The van der Waals surface area contributed by atoms with Crippen LogP contribution in [-0.2, 0) is 32.3 Å². The molecule has 2 heterocycles. The number of aryl methyl sites for hydroxylation is 2. The Hall–Kier alpha value is -1.08. The van der Waals surface area contributed by atoms with Crippen LogP contribution in [-0.4, -0.2) is 9.97 Å². The van der Waals surface area contributed by atoms with Crippen molar-refractivity contribution < 1.29 is 19.5 Å². The Labute approximate surface area is 166 Å². The molecule has 25 heavy (non-hydrogen) atoms. The molecule has 3 heteroatoms. The maximum Gasteiger partial charge on any atom is 0.0888 e. The van der Waals surface area contributed by atoms with Crippen molar-refractivity contribution in [1.29, 1.82) is 0 Å². The summed E-state index contributed by atoms with van der Waals surface area (Å²) in [5.74, 6) is 0. The Morgan fingerprint density at radius 1 is 0.640 bits per heavy atom. The molecule has 2 rings (SSSR count). The van der Waals surface area contributed by atoms with Gasteiger partial charge in [0.05, 0.1) is 11.4 Å². The van der Waals surface area contributed by atoms with E-state index in [4.69, 9.17) is 0 Å². The van der Waals surface area contributed by atoms with Crippen LogP contribution < -0.4 is 0 Å². The van der Waals surface area contributed by atoms with E-state index < -0.39 is 0 Å². The zero-order valence-corrected chi connectivity index (χ0v) is 17.5. The second kappa shape index (κ2) is 13.2. The number of hydrogen-bond acceptors (Lipinski definition) is 2. The summed E-state index contributed by atoms with van der Waals surface area (Å²) in [5, 5.41) is 0. The van der Waals surface area contributed by atoms with Crippen LogP contribution in [0.4, 0.5) is 0 Å². The monoisotopic (exact) mass is 426 g/mol. The Bertz CT molecular complexity index is 545. The minimum atomic E-state index is 0. The minimum Gasteiger partial charge on any atom is -0.255 e. The summed E-state index contributed by atoms with van der Waals surface area (Å²) < 4.78 is 0. The molecule has 0 radical (unpaired) electrons. The van der Waals surface area contributed by atoms with Crippen LogP contribution in [0.25, 0.3) is 11.4 Å². The third-order valence-electron chi connectivity index (χ3n) is 4.55. The van der Waals surface area contributed by atoms with Crippen molar-refractivity contribution in [1.82, 2.24) is 9.97 Å². The van der Waals surface area contributed by atoms with Crippen LogP contribution >= 0.6 is 0 Å². The van der Waals surface area contributed by atoms with Gasteiger partial charge in [-0.25, -0.2) is 0 Å². The molecule has 0 N–H and O–H groups in total. The van der Waals surface area contributed by atoms with Gasteiger partial charge in [0.25, 0.3) is 0 Å². The molecule has 0 fully saturated rings. The van der Waals surface area contributed by atoms with Gasteiger partial charge in [-0.3, -0.25) is 9.97 Å². The fourth-order valence-electron chi connectivity index (χ4n) is 3.05. The van der Waals surface area contributed by atoms with E-state index in [9.17, 15) is 0 Å². The molecule has 0 saturated heterocycles. The molecule has 0 saturated carbocycles. The fourth-order valence-corrected chi connectivity index (χ4v) is 3.05. The predicted molar refractivity (Wildman–Crippen MR) is 103 cm³/mol. The van der Waals surface area contributed by atoms with Crippen molar-refractivity contribution in [2.75, 3.05) is 0 Å². The summed E-state index contributed by atoms with van der Waals surface area (Å²) in [6.07, 6.45) is 16.6. The molecule has 0 spiro atoms. The average molecular weight is 426 g/mol. The van der Waals surface area contributed by atoms with Crippen molar-refractivity contribution in [3.05, 3.63) is 47.8 Å². The van der Waals surface area contributed by atoms with E-state index in [2.05, 4.69) is 48.1 Å². The van der Waals surface area contributed by atoms with Crippen molar-refractivity contribution in [3.63, 3.8) is 0 Å². The molecule has 0 aliphatic heterocycles. The standard InChI is InChI=1S/C22H32N2.Ru/c1-3-5-7-9-11-19-13-15-23-21(17-19)22-18-20(14-16-24-22)12-10-8-6-4-2;/h13-18H,3-12H2,1-2H3;. The van der Waals surface area contributed by atoms with Gasteiger partial charge in [0.15, 0.2) is 0 Å². The number of pyridine rings is 2. The second-order valence-electron chi connectivity index (χ2n) is 6.72. The summed E-state index contributed by atoms with van der Waals surface area (Å²) in [5.41, 5.74) is 4.79. The summed E-state index contributed by atoms with van der Waals surface area (Å²) in [4.78, 5) is 9.08. The smallest absolute Gasteiger partial charge is 0.0888 e. The van der Waals surface area contributed by atoms with Crippen molar-refractivity contribution in [2.24, 2.45) is 0 Å². The molecule has 2 aromatic rings. The van der Waals surface area contributed by atoms with Crippen molar-refractivity contribution >= 4 is 0 Å². The van der Waals surface area contributed by atoms with Crippen LogP contribution in [0.2, 0.25) is 0 Å². The molecule has 2 nitrogen and oxygen atoms in total. The zero-order chi connectivity index (χ0) is 17.0. The first kappa shape index (κ1) is 22.0. The maximum absolute atomic E-state index is 4.54. The summed E-state index contributed by atoms with van der Waals surface area (Å²) in [6, 6.07) is 8.72. The Morgan fingerprint density at radius 3 is 1.48 bits per heavy atom. The molecule has 0 bridgehead atoms. The van der Waals surface area contributed by atoms with Crippen molar-refractivity contribution in [2.45, 2.75) is 78.1 Å². The minimum absolute atomic E-state index is 0. The zero-order valence-electron chi connectivity index (χ0n) is 15.8. The number of rotatable bonds is 11. The van der Waals surface area contributed by atoms with Gasteiger partial charge in [-0.05, 0) is 61.1 Å².